The molecule has 4 aliphatic rings. The number of pyridine rings is 2. The molecule has 10 heteroatoms. The number of hydrogen-bond donors (Lipinski definition) is 1. The molecule has 3 saturated heterocycles. The van der Waals surface area contributed by atoms with Gasteiger partial charge in [-0.3, -0.25) is 9.88 Å². The number of ether oxygens (including phenoxy) is 1. The van der Waals surface area contributed by atoms with Gasteiger partial charge in [-0.05, 0) is 36.8 Å². The van der Waals surface area contributed by atoms with Crippen LogP contribution in [0.25, 0.3) is 16.8 Å². The Morgan fingerprint density at radius 1 is 1.08 bits per heavy atom. The van der Waals surface area contributed by atoms with E-state index in [1.165, 1.54) is 24.8 Å². The predicted octanol–water partition coefficient (Wildman–Crippen LogP) is 3.35. The van der Waals surface area contributed by atoms with Crippen molar-refractivity contribution in [1.82, 2.24) is 29.5 Å². The molecule has 1 aliphatic carbocycles. The highest BCUT2D eigenvalue weighted by atomic mass is 16.5. The summed E-state index contributed by atoms with van der Waals surface area (Å²) in [6.45, 7) is 3.71. The fourth-order valence-electron chi connectivity index (χ4n) is 5.67. The van der Waals surface area contributed by atoms with Gasteiger partial charge in [0.2, 0.25) is 5.88 Å². The van der Waals surface area contributed by atoms with Crippen LogP contribution < -0.4 is 15.0 Å². The Morgan fingerprint density at radius 2 is 1.95 bits per heavy atom. The summed E-state index contributed by atoms with van der Waals surface area (Å²) in [5, 5.41) is 17.6. The lowest BCUT2D eigenvalue weighted by Gasteiger charge is -2.56. The van der Waals surface area contributed by atoms with Gasteiger partial charge in [-0.1, -0.05) is 6.07 Å². The van der Waals surface area contributed by atoms with Crippen LogP contribution in [0.4, 0.5) is 11.5 Å². The fraction of sp³-hybridized carbons (Fsp3) is 0.393. The Morgan fingerprint density at radius 3 is 2.63 bits per heavy atom. The second kappa shape index (κ2) is 9.26. The van der Waals surface area contributed by atoms with E-state index < -0.39 is 0 Å². The van der Waals surface area contributed by atoms with Crippen molar-refractivity contribution >= 4 is 17.0 Å². The minimum Gasteiger partial charge on any atom is -0.481 e. The van der Waals surface area contributed by atoms with Gasteiger partial charge >= 0.3 is 0 Å². The normalized spacial score (nSPS) is 20.7. The Labute approximate surface area is 220 Å². The van der Waals surface area contributed by atoms with Gasteiger partial charge in [0.1, 0.15) is 11.9 Å². The number of fused-ring (bicyclic) bond motifs is 3. The van der Waals surface area contributed by atoms with Crippen molar-refractivity contribution in [2.24, 2.45) is 5.92 Å². The molecular formula is C28H29N9O. The molecule has 0 radical (unpaired) electrons. The van der Waals surface area contributed by atoms with Crippen LogP contribution in [0.15, 0.2) is 49.2 Å². The van der Waals surface area contributed by atoms with Gasteiger partial charge in [-0.2, -0.15) is 10.4 Å². The molecule has 7 heterocycles. The van der Waals surface area contributed by atoms with Crippen LogP contribution in [0.2, 0.25) is 0 Å². The maximum absolute atomic E-state index is 9.66. The molecule has 4 fully saturated rings. The fourth-order valence-corrected chi connectivity index (χ4v) is 5.67. The highest BCUT2D eigenvalue weighted by molar-refractivity contribution is 5.84. The highest BCUT2D eigenvalue weighted by Crippen LogP contribution is 2.36. The van der Waals surface area contributed by atoms with Crippen molar-refractivity contribution in [2.45, 2.75) is 37.9 Å². The molecule has 0 amide bonds. The van der Waals surface area contributed by atoms with Gasteiger partial charge in [0.15, 0.2) is 0 Å². The van der Waals surface area contributed by atoms with E-state index in [0.717, 1.165) is 60.4 Å². The van der Waals surface area contributed by atoms with E-state index in [2.05, 4.69) is 43.4 Å². The van der Waals surface area contributed by atoms with Crippen molar-refractivity contribution in [3.8, 4) is 23.2 Å². The van der Waals surface area contributed by atoms with Crippen LogP contribution in [0, 0.1) is 17.2 Å². The Balaban J connectivity index is 1.08. The summed E-state index contributed by atoms with van der Waals surface area (Å²) in [5.41, 5.74) is 5.06. The van der Waals surface area contributed by atoms with Crippen LogP contribution in [0.3, 0.4) is 0 Å². The number of methoxy groups -OCH3 is 1. The monoisotopic (exact) mass is 507 g/mol. The van der Waals surface area contributed by atoms with E-state index in [9.17, 15) is 5.26 Å². The first-order valence-electron chi connectivity index (χ1n) is 13.2. The molecule has 192 valence electrons. The highest BCUT2D eigenvalue weighted by Gasteiger charge is 2.44. The molecular weight excluding hydrogens is 478 g/mol. The van der Waals surface area contributed by atoms with Crippen LogP contribution in [0.5, 0.6) is 5.88 Å². The zero-order chi connectivity index (χ0) is 25.6. The van der Waals surface area contributed by atoms with Crippen LogP contribution in [0.1, 0.15) is 30.4 Å². The lowest BCUT2D eigenvalue weighted by molar-refractivity contribution is -0.00879. The summed E-state index contributed by atoms with van der Waals surface area (Å²) in [6, 6.07) is 9.33. The molecule has 8 rings (SSSR count). The summed E-state index contributed by atoms with van der Waals surface area (Å²) in [6.07, 6.45) is 12.9. The largest absolute Gasteiger partial charge is 0.481 e. The zero-order valence-corrected chi connectivity index (χ0v) is 21.3. The lowest BCUT2D eigenvalue weighted by atomic mass is 9.87. The first-order valence-corrected chi connectivity index (χ1v) is 13.2. The first kappa shape index (κ1) is 22.9. The predicted molar refractivity (Wildman–Crippen MR) is 143 cm³/mol. The quantitative estimate of drug-likeness (QED) is 0.384. The van der Waals surface area contributed by atoms with E-state index in [-0.39, 0.29) is 0 Å². The number of nitriles is 1. The number of piperidine rings is 1. The van der Waals surface area contributed by atoms with E-state index >= 15 is 0 Å². The molecule has 1 N–H and O–H groups in total. The van der Waals surface area contributed by atoms with Crippen molar-refractivity contribution in [3.05, 3.63) is 60.3 Å². The minimum atomic E-state index is 0.496. The molecule has 4 aromatic rings. The van der Waals surface area contributed by atoms with Gasteiger partial charge in [-0.15, -0.1) is 0 Å². The topological polar surface area (TPSA) is 108 Å². The van der Waals surface area contributed by atoms with Gasteiger partial charge in [-0.25, -0.2) is 14.5 Å². The third kappa shape index (κ3) is 4.19. The molecule has 2 atom stereocenters. The number of anilines is 2. The number of piperazine rings is 1. The Kier molecular flexibility index (Phi) is 5.59. The molecule has 0 spiro atoms. The Bertz CT molecular complexity index is 1490. The molecule has 38 heavy (non-hydrogen) atoms. The SMILES string of the molecule is COc1ccc(CN2C3CC2CN(c2cnc(-c4cc(NCC5CC5)cn5ncc(C#N)c45)cn2)C3)cn1. The number of rotatable bonds is 8. The summed E-state index contributed by atoms with van der Waals surface area (Å²) < 4.78 is 6.95. The molecule has 4 aromatic heterocycles. The van der Waals surface area contributed by atoms with Crippen molar-refractivity contribution in [3.63, 3.8) is 0 Å². The summed E-state index contributed by atoms with van der Waals surface area (Å²) in [5.74, 6) is 2.28. The van der Waals surface area contributed by atoms with Crippen LogP contribution >= 0.6 is 0 Å². The first-order chi connectivity index (χ1) is 18.7. The van der Waals surface area contributed by atoms with Crippen molar-refractivity contribution in [1.29, 1.82) is 5.26 Å². The standard InChI is InChI=1S/C28H29N9O/c1-38-27-5-4-19(10-33-27)14-36-22-7-23(36)17-35(16-22)26-13-31-25(12-32-26)24-6-21(30-9-18-2-3-18)15-37-28(24)20(8-29)11-34-37/h4-6,10-13,15,18,22-23,30H,2-3,7,9,14,16-17H2,1H3. The van der Waals surface area contributed by atoms with E-state index in [0.29, 0.717) is 23.5 Å². The average molecular weight is 508 g/mol. The zero-order valence-electron chi connectivity index (χ0n) is 21.3. The average Bonchev–Trinajstić information content (AvgIpc) is 3.72. The van der Waals surface area contributed by atoms with E-state index in [1.54, 1.807) is 17.8 Å². The third-order valence-electron chi connectivity index (χ3n) is 7.98. The molecule has 0 aromatic carbocycles. The lowest BCUT2D eigenvalue weighted by Crippen LogP contribution is -2.68. The number of aromatic nitrogens is 5. The minimum absolute atomic E-state index is 0.496. The number of hydrogen-bond acceptors (Lipinski definition) is 9. The molecule has 2 unspecified atom stereocenters. The van der Waals surface area contributed by atoms with Gasteiger partial charge in [0.25, 0.3) is 0 Å². The maximum atomic E-state index is 9.66. The van der Waals surface area contributed by atoms with E-state index in [4.69, 9.17) is 14.7 Å². The van der Waals surface area contributed by atoms with E-state index in [1.807, 2.05) is 30.9 Å². The second-order valence-corrected chi connectivity index (χ2v) is 10.5. The summed E-state index contributed by atoms with van der Waals surface area (Å²) in [4.78, 5) is 18.9. The van der Waals surface area contributed by atoms with Crippen LogP contribution in [-0.2, 0) is 6.54 Å². The number of nitrogens with zero attached hydrogens (tertiary/aromatic N) is 8. The summed E-state index contributed by atoms with van der Waals surface area (Å²) in [7, 11) is 1.64. The molecule has 10 nitrogen and oxygen atoms in total. The van der Waals surface area contributed by atoms with Gasteiger partial charge < -0.3 is 15.0 Å². The maximum Gasteiger partial charge on any atom is 0.212 e. The summed E-state index contributed by atoms with van der Waals surface area (Å²) >= 11 is 0. The third-order valence-corrected chi connectivity index (χ3v) is 7.98. The number of nitrogens with one attached hydrogen (secondary N) is 1. The van der Waals surface area contributed by atoms with Gasteiger partial charge in [0.05, 0.1) is 54.4 Å². The van der Waals surface area contributed by atoms with Crippen molar-refractivity contribution in [2.75, 3.05) is 37.0 Å². The van der Waals surface area contributed by atoms with Crippen LogP contribution in [-0.4, -0.2) is 68.3 Å². The Hall–Kier alpha value is -4.23. The van der Waals surface area contributed by atoms with Crippen molar-refractivity contribution < 1.29 is 4.74 Å². The second-order valence-electron chi connectivity index (χ2n) is 10.5. The molecule has 3 aliphatic heterocycles. The molecule has 1 saturated carbocycles. The smallest absolute Gasteiger partial charge is 0.212 e. The van der Waals surface area contributed by atoms with Gasteiger partial charge in [0, 0.05) is 56.1 Å². The molecule has 2 bridgehead atoms.